The van der Waals surface area contributed by atoms with Gasteiger partial charge in [0, 0.05) is 13.1 Å². The van der Waals surface area contributed by atoms with E-state index < -0.39 is 0 Å². The first kappa shape index (κ1) is 11.7. The molecule has 0 aromatic carbocycles. The molecule has 0 saturated carbocycles. The lowest BCUT2D eigenvalue weighted by molar-refractivity contribution is -0.113. The van der Waals surface area contributed by atoms with Gasteiger partial charge >= 0.3 is 0 Å². The Hall–Kier alpha value is -1.36. The van der Waals surface area contributed by atoms with E-state index >= 15 is 0 Å². The van der Waals surface area contributed by atoms with Crippen LogP contribution < -0.4 is 0 Å². The van der Waals surface area contributed by atoms with Crippen LogP contribution in [0.1, 0.15) is 13.8 Å². The van der Waals surface area contributed by atoms with E-state index in [0.717, 1.165) is 0 Å². The number of allylic oxidation sites excluding steroid dienone is 1. The van der Waals surface area contributed by atoms with E-state index in [2.05, 4.69) is 0 Å². The van der Waals surface area contributed by atoms with Crippen molar-refractivity contribution in [2.24, 2.45) is 0 Å². The molecule has 1 aliphatic heterocycles. The van der Waals surface area contributed by atoms with Crippen LogP contribution in [0.2, 0.25) is 0 Å². The van der Waals surface area contributed by atoms with Crippen LogP contribution in [-0.4, -0.2) is 47.9 Å². The van der Waals surface area contributed by atoms with Crippen molar-refractivity contribution in [3.63, 3.8) is 0 Å². The minimum atomic E-state index is -0.286. The zero-order valence-electron chi connectivity index (χ0n) is 9.04. The smallest absolute Gasteiger partial charge is 0.166 e. The molecule has 0 spiro atoms. The molecule has 84 valence electrons. The van der Waals surface area contributed by atoms with Gasteiger partial charge in [0.1, 0.15) is 11.6 Å². The molecule has 1 heterocycles. The van der Waals surface area contributed by atoms with Gasteiger partial charge in [0.2, 0.25) is 0 Å². The Morgan fingerprint density at radius 1 is 1.33 bits per heavy atom. The number of carbonyl (C=O) groups excluding carboxylic acids is 1. The summed E-state index contributed by atoms with van der Waals surface area (Å²) < 4.78 is 5.15. The van der Waals surface area contributed by atoms with Gasteiger partial charge in [-0.1, -0.05) is 0 Å². The van der Waals surface area contributed by atoms with E-state index in [0.29, 0.717) is 26.3 Å². The van der Waals surface area contributed by atoms with Crippen molar-refractivity contribution in [3.05, 3.63) is 11.3 Å². The Morgan fingerprint density at radius 2 is 1.87 bits per heavy atom. The number of ether oxygens (including phenoxy) is 1. The molecule has 0 aromatic rings. The fraction of sp³-hybridized carbons (Fsp3) is 0.600. The average Bonchev–Trinajstić information content (AvgIpc) is 2.18. The Balaban J connectivity index is 2.81. The Morgan fingerprint density at radius 3 is 2.27 bits per heavy atom. The Bertz CT molecular complexity index is 300. The summed E-state index contributed by atoms with van der Waals surface area (Å²) in [6.07, 6.45) is 0. The van der Waals surface area contributed by atoms with Gasteiger partial charge in [-0.25, -0.2) is 0 Å². The largest absolute Gasteiger partial charge is 0.512 e. The summed E-state index contributed by atoms with van der Waals surface area (Å²) in [4.78, 5) is 13.0. The Labute approximate surface area is 88.8 Å². The predicted octanol–water partition coefficient (Wildman–Crippen LogP) is 0.717. The van der Waals surface area contributed by atoms with Crippen molar-refractivity contribution < 1.29 is 14.6 Å². The van der Waals surface area contributed by atoms with E-state index in [1.165, 1.54) is 13.8 Å². The fourth-order valence-corrected chi connectivity index (χ4v) is 1.54. The van der Waals surface area contributed by atoms with E-state index in [1.807, 2.05) is 0 Å². The average molecular weight is 212 g/mol. The van der Waals surface area contributed by atoms with Crippen LogP contribution in [0.3, 0.4) is 0 Å². The second-order valence-corrected chi connectivity index (χ2v) is 3.46. The third-order valence-electron chi connectivity index (χ3n) is 2.28. The van der Waals surface area contributed by atoms with E-state index in [1.54, 1.807) is 4.90 Å². The first-order valence-electron chi connectivity index (χ1n) is 4.86. The lowest BCUT2D eigenvalue weighted by Gasteiger charge is -2.29. The van der Waals surface area contributed by atoms with Crippen LogP contribution >= 0.6 is 0 Å². The molecule has 15 heavy (non-hydrogen) atoms. The summed E-state index contributed by atoms with van der Waals surface area (Å²) in [6.45, 7) is 5.05. The van der Waals surface area contributed by atoms with Gasteiger partial charge in [-0.05, 0) is 13.8 Å². The summed E-state index contributed by atoms with van der Waals surface area (Å²) in [5.41, 5.74) is 0.0944. The van der Waals surface area contributed by atoms with Crippen LogP contribution in [-0.2, 0) is 9.53 Å². The molecular weight excluding hydrogens is 196 g/mol. The predicted molar refractivity (Wildman–Crippen MR) is 56.1 cm³/mol. The molecule has 0 radical (unpaired) electrons. The number of aliphatic hydroxyl groups is 1. The normalized spacial score (nSPS) is 18.4. The number of nitrogens with zero attached hydrogens (tertiary/aromatic N) is 1. The van der Waals surface area contributed by atoms with Crippen LogP contribution in [0.4, 0.5) is 0 Å². The summed E-state index contributed by atoms with van der Waals surface area (Å²) in [6, 6.07) is 0. The van der Waals surface area contributed by atoms with Crippen LogP contribution in [0.25, 0.3) is 0 Å². The van der Waals surface area contributed by atoms with Crippen molar-refractivity contribution in [2.75, 3.05) is 26.3 Å². The molecule has 0 bridgehead atoms. The number of morpholine rings is 1. The summed E-state index contributed by atoms with van der Waals surface area (Å²) in [5.74, 6) is -0.295. The van der Waals surface area contributed by atoms with Gasteiger partial charge in [0.15, 0.2) is 5.78 Å². The van der Waals surface area contributed by atoms with Crippen LogP contribution in [0, 0.1) is 5.41 Å². The third kappa shape index (κ3) is 2.79. The highest BCUT2D eigenvalue weighted by atomic mass is 16.5. The maximum absolute atomic E-state index is 11.3. The molecule has 5 heteroatoms. The molecule has 1 aliphatic rings. The van der Waals surface area contributed by atoms with Crippen LogP contribution in [0.15, 0.2) is 11.3 Å². The highest BCUT2D eigenvalue weighted by molar-refractivity contribution is 6.19. The van der Waals surface area contributed by atoms with Gasteiger partial charge in [-0.15, -0.1) is 0 Å². The second kappa shape index (κ2) is 4.93. The first-order chi connectivity index (χ1) is 7.04. The minimum Gasteiger partial charge on any atom is -0.512 e. The van der Waals surface area contributed by atoms with E-state index in [-0.39, 0.29) is 23.0 Å². The Kier molecular flexibility index (Phi) is 3.85. The topological polar surface area (TPSA) is 73.6 Å². The summed E-state index contributed by atoms with van der Waals surface area (Å²) in [7, 11) is 0. The number of carbonyl (C=O) groups is 1. The van der Waals surface area contributed by atoms with Gasteiger partial charge < -0.3 is 14.7 Å². The highest BCUT2D eigenvalue weighted by Crippen LogP contribution is 2.10. The standard InChI is InChI=1S/C10H16N2O3/c1-7(13)9(8(2)14)10(11)12-3-5-15-6-4-12/h11,13H,3-6H2,1-2H3/b9-7-,11-10?. The number of rotatable bonds is 2. The van der Waals surface area contributed by atoms with Gasteiger partial charge in [0.25, 0.3) is 0 Å². The second-order valence-electron chi connectivity index (χ2n) is 3.46. The highest BCUT2D eigenvalue weighted by Gasteiger charge is 2.21. The van der Waals surface area contributed by atoms with Crippen molar-refractivity contribution >= 4 is 11.6 Å². The number of amidine groups is 1. The molecule has 0 unspecified atom stereocenters. The molecule has 1 rings (SSSR count). The summed E-state index contributed by atoms with van der Waals surface area (Å²) in [5, 5.41) is 17.2. The molecular formula is C10H16N2O3. The maximum atomic E-state index is 11.3. The zero-order chi connectivity index (χ0) is 11.4. The number of hydrogen-bond acceptors (Lipinski definition) is 4. The molecule has 1 saturated heterocycles. The van der Waals surface area contributed by atoms with Crippen LogP contribution in [0.5, 0.6) is 0 Å². The van der Waals surface area contributed by atoms with Crippen molar-refractivity contribution in [2.45, 2.75) is 13.8 Å². The molecule has 0 aliphatic carbocycles. The van der Waals surface area contributed by atoms with Crippen molar-refractivity contribution in [1.29, 1.82) is 5.41 Å². The number of Topliss-reactive ketones (excluding diaryl/α,β-unsaturated/α-hetero) is 1. The first-order valence-corrected chi connectivity index (χ1v) is 4.86. The SMILES string of the molecule is CC(=O)/C(C(=N)N1CCOCC1)=C(\C)O. The summed E-state index contributed by atoms with van der Waals surface area (Å²) >= 11 is 0. The number of ketones is 1. The van der Waals surface area contributed by atoms with Gasteiger partial charge in [-0.3, -0.25) is 10.2 Å². The minimum absolute atomic E-state index is 0.0887. The molecule has 1 fully saturated rings. The molecule has 2 N–H and O–H groups in total. The van der Waals surface area contributed by atoms with Gasteiger partial charge in [-0.2, -0.15) is 0 Å². The quantitative estimate of drug-likeness (QED) is 0.306. The lowest BCUT2D eigenvalue weighted by atomic mass is 10.1. The lowest BCUT2D eigenvalue weighted by Crippen LogP contribution is -2.42. The number of hydrogen-bond donors (Lipinski definition) is 2. The fourth-order valence-electron chi connectivity index (χ4n) is 1.54. The van der Waals surface area contributed by atoms with Crippen molar-refractivity contribution in [3.8, 4) is 0 Å². The zero-order valence-corrected chi connectivity index (χ0v) is 9.04. The number of aliphatic hydroxyl groups excluding tert-OH is 1. The maximum Gasteiger partial charge on any atom is 0.166 e. The molecule has 0 aromatic heterocycles. The van der Waals surface area contributed by atoms with Gasteiger partial charge in [0.05, 0.1) is 18.8 Å². The monoisotopic (exact) mass is 212 g/mol. The van der Waals surface area contributed by atoms with E-state index in [4.69, 9.17) is 10.1 Å². The third-order valence-corrected chi connectivity index (χ3v) is 2.28. The molecule has 0 atom stereocenters. The number of nitrogens with one attached hydrogen (secondary N) is 1. The van der Waals surface area contributed by atoms with E-state index in [9.17, 15) is 9.90 Å². The molecule has 5 nitrogen and oxygen atoms in total. The van der Waals surface area contributed by atoms with Crippen molar-refractivity contribution in [1.82, 2.24) is 4.90 Å². The molecule has 0 amide bonds.